The van der Waals surface area contributed by atoms with Gasteiger partial charge in [0.2, 0.25) is 10.0 Å². The third-order valence-corrected chi connectivity index (χ3v) is 7.20. The molecule has 0 aliphatic carbocycles. The van der Waals surface area contributed by atoms with Gasteiger partial charge in [-0.05, 0) is 43.8 Å². The maximum absolute atomic E-state index is 13.1. The van der Waals surface area contributed by atoms with E-state index in [0.29, 0.717) is 18.7 Å². The molecule has 1 aromatic carbocycles. The number of piperidine rings is 1. The van der Waals surface area contributed by atoms with Crippen LogP contribution in [0.5, 0.6) is 0 Å². The molecule has 1 aromatic rings. The minimum Gasteiger partial charge on any atom is -0.299 e. The van der Waals surface area contributed by atoms with Gasteiger partial charge in [0.25, 0.3) is 0 Å². The number of Topliss-reactive ketones (excluding diaryl/α,β-unsaturated/α-hetero) is 1. The highest BCUT2D eigenvalue weighted by Crippen LogP contribution is 2.31. The summed E-state index contributed by atoms with van der Waals surface area (Å²) < 4.78 is 25.3. The molecule has 2 aliphatic heterocycles. The van der Waals surface area contributed by atoms with Gasteiger partial charge in [0.1, 0.15) is 0 Å². The van der Waals surface area contributed by atoms with E-state index in [1.54, 1.807) is 0 Å². The first-order valence-electron chi connectivity index (χ1n) is 10.2. The first-order chi connectivity index (χ1) is 12.9. The molecule has 2 saturated heterocycles. The van der Waals surface area contributed by atoms with Gasteiger partial charge in [0, 0.05) is 31.1 Å². The molecule has 0 N–H and O–H groups in total. The van der Waals surface area contributed by atoms with Crippen molar-refractivity contribution in [1.82, 2.24) is 9.21 Å². The Hall–Kier alpha value is -1.24. The van der Waals surface area contributed by atoms with E-state index in [4.69, 9.17) is 0 Å². The van der Waals surface area contributed by atoms with Crippen LogP contribution in [0.1, 0.15) is 54.9 Å². The molecule has 2 aliphatic rings. The second-order valence-electron chi connectivity index (χ2n) is 8.13. The second kappa shape index (κ2) is 8.84. The van der Waals surface area contributed by atoms with E-state index in [1.165, 1.54) is 35.4 Å². The Morgan fingerprint density at radius 3 is 2.33 bits per heavy atom. The first kappa shape index (κ1) is 20.5. The molecule has 0 radical (unpaired) electrons. The molecule has 3 rings (SSSR count). The van der Waals surface area contributed by atoms with Gasteiger partial charge in [-0.1, -0.05) is 44.0 Å². The predicted octanol–water partition coefficient (Wildman–Crippen LogP) is 3.16. The molecule has 150 valence electrons. The summed E-state index contributed by atoms with van der Waals surface area (Å²) in [6.07, 6.45) is 6.95. The van der Waals surface area contributed by atoms with Gasteiger partial charge in [-0.3, -0.25) is 9.69 Å². The smallest absolute Gasteiger partial charge is 0.211 e. The van der Waals surface area contributed by atoms with E-state index in [2.05, 4.69) is 24.0 Å². The lowest BCUT2D eigenvalue weighted by atomic mass is 9.85. The lowest BCUT2D eigenvalue weighted by Crippen LogP contribution is -2.29. The van der Waals surface area contributed by atoms with Gasteiger partial charge < -0.3 is 0 Å². The van der Waals surface area contributed by atoms with Crippen molar-refractivity contribution in [2.75, 3.05) is 32.4 Å². The summed E-state index contributed by atoms with van der Waals surface area (Å²) in [7, 11) is -3.25. The molecule has 5 nitrogen and oxygen atoms in total. The van der Waals surface area contributed by atoms with Crippen LogP contribution < -0.4 is 0 Å². The highest BCUT2D eigenvalue weighted by molar-refractivity contribution is 7.88. The number of sulfonamides is 1. The molecule has 2 heterocycles. The number of ketones is 1. The molecule has 0 spiro atoms. The zero-order valence-corrected chi connectivity index (χ0v) is 17.4. The first-order valence-corrected chi connectivity index (χ1v) is 12.0. The summed E-state index contributed by atoms with van der Waals surface area (Å²) in [6, 6.07) is 7.96. The number of benzene rings is 1. The van der Waals surface area contributed by atoms with Crippen molar-refractivity contribution in [2.45, 2.75) is 45.6 Å². The summed E-state index contributed by atoms with van der Waals surface area (Å²) in [4.78, 5) is 15.5. The summed E-state index contributed by atoms with van der Waals surface area (Å²) in [5.74, 6) is -0.0259. The Labute approximate surface area is 163 Å². The fraction of sp³-hybridized carbons (Fsp3) is 0.667. The number of carbonyl (C=O) groups excluding carboxylic acids is 1. The molecule has 2 atom stereocenters. The van der Waals surface area contributed by atoms with Gasteiger partial charge in [-0.2, -0.15) is 0 Å². The predicted molar refractivity (Wildman–Crippen MR) is 108 cm³/mol. The normalized spacial score (nSPS) is 25.0. The van der Waals surface area contributed by atoms with Crippen LogP contribution in [0.4, 0.5) is 0 Å². The molecule has 0 amide bonds. The summed E-state index contributed by atoms with van der Waals surface area (Å²) in [5, 5.41) is 0. The largest absolute Gasteiger partial charge is 0.299 e. The van der Waals surface area contributed by atoms with Crippen LogP contribution in [0.25, 0.3) is 0 Å². The number of likely N-dealkylation sites (tertiary alicyclic amines) is 1. The molecule has 0 saturated carbocycles. The van der Waals surface area contributed by atoms with E-state index < -0.39 is 10.0 Å². The molecule has 1 unspecified atom stereocenters. The molecule has 6 heteroatoms. The van der Waals surface area contributed by atoms with Crippen molar-refractivity contribution < 1.29 is 13.2 Å². The van der Waals surface area contributed by atoms with Gasteiger partial charge >= 0.3 is 0 Å². The fourth-order valence-corrected chi connectivity index (χ4v) is 5.32. The van der Waals surface area contributed by atoms with Gasteiger partial charge in [-0.15, -0.1) is 0 Å². The van der Waals surface area contributed by atoms with Crippen LogP contribution in [0.2, 0.25) is 0 Å². The van der Waals surface area contributed by atoms with E-state index in [0.717, 1.165) is 32.5 Å². The lowest BCUT2D eigenvalue weighted by molar-refractivity contribution is 0.0897. The van der Waals surface area contributed by atoms with E-state index >= 15 is 0 Å². The van der Waals surface area contributed by atoms with Crippen molar-refractivity contribution in [3.63, 3.8) is 0 Å². The van der Waals surface area contributed by atoms with Crippen LogP contribution >= 0.6 is 0 Å². The van der Waals surface area contributed by atoms with Crippen LogP contribution in [0, 0.1) is 11.8 Å². The molecule has 27 heavy (non-hydrogen) atoms. The number of hydrogen-bond acceptors (Lipinski definition) is 4. The zero-order chi connectivity index (χ0) is 19.4. The second-order valence-corrected chi connectivity index (χ2v) is 10.1. The number of nitrogens with zero attached hydrogens (tertiary/aromatic N) is 2. The lowest BCUT2D eigenvalue weighted by Gasteiger charge is -2.26. The van der Waals surface area contributed by atoms with E-state index in [1.807, 2.05) is 12.1 Å². The Kier molecular flexibility index (Phi) is 6.71. The third kappa shape index (κ3) is 5.18. The quantitative estimate of drug-likeness (QED) is 0.669. The van der Waals surface area contributed by atoms with Crippen molar-refractivity contribution in [1.29, 1.82) is 0 Å². The monoisotopic (exact) mass is 392 g/mol. The number of hydrogen-bond donors (Lipinski definition) is 0. The SMILES string of the molecule is CCC[C@H]1CN(S(C)(=O)=O)CC1C(=O)c1ccc(CN2CCCCC2)cc1. The van der Waals surface area contributed by atoms with Crippen molar-refractivity contribution >= 4 is 15.8 Å². The molecular formula is C21H32N2O3S. The van der Waals surface area contributed by atoms with Crippen molar-refractivity contribution in [2.24, 2.45) is 11.8 Å². The molecule has 0 aromatic heterocycles. The van der Waals surface area contributed by atoms with Crippen LogP contribution in [0.15, 0.2) is 24.3 Å². The minimum atomic E-state index is -3.25. The summed E-state index contributed by atoms with van der Waals surface area (Å²) in [5.41, 5.74) is 1.95. The third-order valence-electron chi connectivity index (χ3n) is 5.97. The minimum absolute atomic E-state index is 0.0872. The Morgan fingerprint density at radius 2 is 1.74 bits per heavy atom. The standard InChI is InChI=1S/C21H32N2O3S/c1-3-7-19-15-23(27(2,25)26)16-20(19)21(24)18-10-8-17(9-11-18)14-22-12-5-4-6-13-22/h8-11,19-20H,3-7,12-16H2,1-2H3/t19-,20?/m0/s1. The van der Waals surface area contributed by atoms with Crippen LogP contribution in [-0.2, 0) is 16.6 Å². The Balaban J connectivity index is 1.68. The van der Waals surface area contributed by atoms with Crippen LogP contribution in [0.3, 0.4) is 0 Å². The zero-order valence-electron chi connectivity index (χ0n) is 16.6. The van der Waals surface area contributed by atoms with E-state index in [-0.39, 0.29) is 17.6 Å². The van der Waals surface area contributed by atoms with Gasteiger partial charge in [0.05, 0.1) is 6.26 Å². The molecule has 2 fully saturated rings. The van der Waals surface area contributed by atoms with Crippen LogP contribution in [-0.4, -0.2) is 55.8 Å². The fourth-order valence-electron chi connectivity index (χ4n) is 4.43. The van der Waals surface area contributed by atoms with Gasteiger partial charge in [-0.25, -0.2) is 12.7 Å². The Bertz CT molecular complexity index is 739. The number of carbonyl (C=O) groups is 1. The van der Waals surface area contributed by atoms with Crippen molar-refractivity contribution in [3.05, 3.63) is 35.4 Å². The molecule has 0 bridgehead atoms. The topological polar surface area (TPSA) is 57.7 Å². The highest BCUT2D eigenvalue weighted by Gasteiger charge is 2.40. The van der Waals surface area contributed by atoms with Gasteiger partial charge in [0.15, 0.2) is 5.78 Å². The Morgan fingerprint density at radius 1 is 1.07 bits per heavy atom. The average Bonchev–Trinajstić information content (AvgIpc) is 3.07. The summed E-state index contributed by atoms with van der Waals surface area (Å²) in [6.45, 7) is 6.12. The maximum Gasteiger partial charge on any atom is 0.211 e. The highest BCUT2D eigenvalue weighted by atomic mass is 32.2. The van der Waals surface area contributed by atoms with E-state index in [9.17, 15) is 13.2 Å². The molecular weight excluding hydrogens is 360 g/mol. The number of rotatable bonds is 7. The maximum atomic E-state index is 13.1. The average molecular weight is 393 g/mol. The summed E-state index contributed by atoms with van der Waals surface area (Å²) >= 11 is 0. The van der Waals surface area contributed by atoms with Crippen molar-refractivity contribution in [3.8, 4) is 0 Å².